The van der Waals surface area contributed by atoms with Crippen LogP contribution in [0.4, 0.5) is 0 Å². The predicted molar refractivity (Wildman–Crippen MR) is 162 cm³/mol. The third-order valence-corrected chi connectivity index (χ3v) is 10.8. The quantitative estimate of drug-likeness (QED) is 0.302. The summed E-state index contributed by atoms with van der Waals surface area (Å²) in [5.74, 6) is 2.88. The van der Waals surface area contributed by atoms with E-state index in [-0.39, 0.29) is 5.91 Å². The summed E-state index contributed by atoms with van der Waals surface area (Å²) < 4.78 is 1.77. The second-order valence-corrected chi connectivity index (χ2v) is 14.1. The summed E-state index contributed by atoms with van der Waals surface area (Å²) in [7, 11) is 0. The zero-order valence-corrected chi connectivity index (χ0v) is 25.2. The molecule has 8 rings (SSSR count). The van der Waals surface area contributed by atoms with Crippen LogP contribution in [0, 0.1) is 30.1 Å². The molecule has 1 amide bonds. The van der Waals surface area contributed by atoms with Crippen molar-refractivity contribution in [2.24, 2.45) is 23.2 Å². The molecule has 40 heavy (non-hydrogen) atoms. The molecule has 8 heteroatoms. The van der Waals surface area contributed by atoms with Crippen LogP contribution in [0.25, 0.3) is 16.9 Å². The molecule has 0 radical (unpaired) electrons. The van der Waals surface area contributed by atoms with Gasteiger partial charge in [-0.15, -0.1) is 0 Å². The first-order chi connectivity index (χ1) is 19.3. The molecule has 210 valence electrons. The molecule has 5 aliphatic rings. The van der Waals surface area contributed by atoms with E-state index < -0.39 is 0 Å². The van der Waals surface area contributed by atoms with Crippen molar-refractivity contribution >= 4 is 40.7 Å². The Balaban J connectivity index is 1.12. The first-order valence-corrected chi connectivity index (χ1v) is 15.7. The van der Waals surface area contributed by atoms with Crippen molar-refractivity contribution in [3.8, 4) is 16.9 Å². The van der Waals surface area contributed by atoms with E-state index in [2.05, 4.69) is 4.90 Å². The van der Waals surface area contributed by atoms with Gasteiger partial charge >= 0.3 is 0 Å². The first kappa shape index (κ1) is 26.8. The highest BCUT2D eigenvalue weighted by Gasteiger charge is 2.51. The lowest BCUT2D eigenvalue weighted by Crippen LogP contribution is -2.55. The summed E-state index contributed by atoms with van der Waals surface area (Å²) >= 11 is 19.0. The minimum absolute atomic E-state index is 0.0222. The number of nitrogens with zero attached hydrogens (tertiary/aromatic N) is 4. The van der Waals surface area contributed by atoms with Crippen LogP contribution in [0.1, 0.15) is 54.6 Å². The van der Waals surface area contributed by atoms with Crippen LogP contribution in [0.3, 0.4) is 0 Å². The smallest absolute Gasteiger partial charge is 0.274 e. The molecule has 0 atom stereocenters. The van der Waals surface area contributed by atoms with E-state index in [1.165, 1.54) is 45.1 Å². The SMILES string of the molecule is Cc1c(C(=O)N2CCN(CC34CC5CC(CC(C5)C3)C4)CC2)nn(-c2ccc(Cl)cc2Cl)c1-c1ccc(Cl)cc1. The van der Waals surface area contributed by atoms with E-state index in [1.807, 2.05) is 42.2 Å². The van der Waals surface area contributed by atoms with E-state index in [4.69, 9.17) is 39.9 Å². The van der Waals surface area contributed by atoms with Crippen LogP contribution in [0.2, 0.25) is 15.1 Å². The minimum Gasteiger partial charge on any atom is -0.335 e. The normalized spacial score (nSPS) is 27.9. The van der Waals surface area contributed by atoms with E-state index in [9.17, 15) is 4.79 Å². The lowest BCUT2D eigenvalue weighted by Gasteiger charge is -2.58. The second-order valence-electron chi connectivity index (χ2n) is 12.8. The highest BCUT2D eigenvalue weighted by Crippen LogP contribution is 2.60. The van der Waals surface area contributed by atoms with Gasteiger partial charge in [-0.1, -0.05) is 46.9 Å². The van der Waals surface area contributed by atoms with Crippen molar-refractivity contribution in [3.63, 3.8) is 0 Å². The summed E-state index contributed by atoms with van der Waals surface area (Å²) in [4.78, 5) is 18.5. The number of hydrogen-bond donors (Lipinski definition) is 0. The van der Waals surface area contributed by atoms with Crippen molar-refractivity contribution in [1.29, 1.82) is 0 Å². The lowest BCUT2D eigenvalue weighted by molar-refractivity contribution is -0.0726. The average molecular weight is 598 g/mol. The third kappa shape index (κ3) is 4.87. The van der Waals surface area contributed by atoms with Gasteiger partial charge in [0.2, 0.25) is 0 Å². The Kier molecular flexibility index (Phi) is 6.94. The van der Waals surface area contributed by atoms with Gasteiger partial charge in [0.25, 0.3) is 5.91 Å². The molecule has 5 fully saturated rings. The van der Waals surface area contributed by atoms with Crippen molar-refractivity contribution in [1.82, 2.24) is 19.6 Å². The summed E-state index contributed by atoms with van der Waals surface area (Å²) in [5.41, 5.74) is 4.24. The van der Waals surface area contributed by atoms with Crippen molar-refractivity contribution in [2.45, 2.75) is 45.4 Å². The molecule has 2 heterocycles. The molecule has 1 aromatic heterocycles. The topological polar surface area (TPSA) is 41.4 Å². The van der Waals surface area contributed by atoms with E-state index in [0.29, 0.717) is 31.9 Å². The van der Waals surface area contributed by atoms with Gasteiger partial charge in [0.1, 0.15) is 0 Å². The Morgan fingerprint density at radius 3 is 2.08 bits per heavy atom. The van der Waals surface area contributed by atoms with Crippen LogP contribution in [0.15, 0.2) is 42.5 Å². The van der Waals surface area contributed by atoms with Gasteiger partial charge in [0.15, 0.2) is 5.69 Å². The number of carbonyl (C=O) groups is 1. The van der Waals surface area contributed by atoms with Crippen LogP contribution >= 0.6 is 34.8 Å². The van der Waals surface area contributed by atoms with Crippen LogP contribution in [-0.4, -0.2) is 58.2 Å². The molecule has 4 bridgehead atoms. The number of amides is 1. The molecular weight excluding hydrogens is 563 g/mol. The molecule has 0 spiro atoms. The number of benzene rings is 2. The number of halogens is 3. The Morgan fingerprint density at radius 1 is 0.875 bits per heavy atom. The molecule has 2 aromatic carbocycles. The first-order valence-electron chi connectivity index (χ1n) is 14.6. The fourth-order valence-electron chi connectivity index (χ4n) is 8.69. The zero-order chi connectivity index (χ0) is 27.6. The minimum atomic E-state index is -0.0222. The standard InChI is InChI=1S/C32H35Cl3N4O/c1-20-29(36-39(28-7-6-26(34)15-27(28)35)30(20)24-2-4-25(33)5-3-24)31(40)38-10-8-37(9-11-38)19-32-16-21-12-22(17-32)14-23(13-21)18-32/h2-7,15,21-23H,8-14,16-19H2,1H3. The summed E-state index contributed by atoms with van der Waals surface area (Å²) in [5, 5.41) is 6.54. The molecule has 0 N–H and O–H groups in total. The van der Waals surface area contributed by atoms with E-state index >= 15 is 0 Å². The van der Waals surface area contributed by atoms with Gasteiger partial charge in [-0.05, 0) is 98.9 Å². The Hall–Kier alpha value is -2.05. The van der Waals surface area contributed by atoms with Crippen molar-refractivity contribution in [2.75, 3.05) is 32.7 Å². The fraction of sp³-hybridized carbons (Fsp3) is 0.500. The number of aromatic nitrogens is 2. The van der Waals surface area contributed by atoms with Gasteiger partial charge < -0.3 is 4.90 Å². The van der Waals surface area contributed by atoms with Crippen LogP contribution in [0.5, 0.6) is 0 Å². The molecular formula is C32H35Cl3N4O. The fourth-order valence-corrected chi connectivity index (χ4v) is 9.30. The van der Waals surface area contributed by atoms with Crippen molar-refractivity contribution < 1.29 is 4.79 Å². The van der Waals surface area contributed by atoms with Crippen molar-refractivity contribution in [3.05, 3.63) is 68.8 Å². The summed E-state index contributed by atoms with van der Waals surface area (Å²) in [6.45, 7) is 6.50. The van der Waals surface area contributed by atoms with E-state index in [0.717, 1.165) is 60.8 Å². The summed E-state index contributed by atoms with van der Waals surface area (Å²) in [6.07, 6.45) is 8.72. The van der Waals surface area contributed by atoms with Crippen LogP contribution in [-0.2, 0) is 0 Å². The molecule has 1 aliphatic heterocycles. The number of hydrogen-bond acceptors (Lipinski definition) is 3. The Labute approximate surface area is 251 Å². The van der Waals surface area contributed by atoms with Crippen LogP contribution < -0.4 is 0 Å². The lowest BCUT2D eigenvalue weighted by atomic mass is 9.49. The predicted octanol–water partition coefficient (Wildman–Crippen LogP) is 7.78. The van der Waals surface area contributed by atoms with Gasteiger partial charge in [0, 0.05) is 53.9 Å². The maximum absolute atomic E-state index is 13.9. The maximum atomic E-state index is 13.9. The Morgan fingerprint density at radius 2 is 1.48 bits per heavy atom. The number of piperazine rings is 1. The van der Waals surface area contributed by atoms with Gasteiger partial charge in [-0.3, -0.25) is 9.69 Å². The van der Waals surface area contributed by atoms with Gasteiger partial charge in [-0.25, -0.2) is 4.68 Å². The number of carbonyl (C=O) groups excluding carboxylic acids is 1. The second kappa shape index (κ2) is 10.3. The molecule has 5 nitrogen and oxygen atoms in total. The number of rotatable bonds is 5. The average Bonchev–Trinajstić information content (AvgIpc) is 3.24. The molecule has 3 aromatic rings. The molecule has 1 saturated heterocycles. The highest BCUT2D eigenvalue weighted by atomic mass is 35.5. The third-order valence-electron chi connectivity index (χ3n) is 9.96. The van der Waals surface area contributed by atoms with Gasteiger partial charge in [0.05, 0.1) is 16.4 Å². The molecule has 4 aliphatic carbocycles. The Bertz CT molecular complexity index is 1410. The monoisotopic (exact) mass is 596 g/mol. The molecule has 4 saturated carbocycles. The van der Waals surface area contributed by atoms with E-state index in [1.54, 1.807) is 16.8 Å². The summed E-state index contributed by atoms with van der Waals surface area (Å²) in [6, 6.07) is 12.9. The zero-order valence-electron chi connectivity index (χ0n) is 22.9. The maximum Gasteiger partial charge on any atom is 0.274 e. The highest BCUT2D eigenvalue weighted by molar-refractivity contribution is 6.35. The molecule has 0 unspecified atom stereocenters. The largest absolute Gasteiger partial charge is 0.335 e. The van der Waals surface area contributed by atoms with Gasteiger partial charge in [-0.2, -0.15) is 5.10 Å².